The fourth-order valence-electron chi connectivity index (χ4n) is 1.52. The molecule has 0 fully saturated rings. The van der Waals surface area contributed by atoms with Gasteiger partial charge in [-0.05, 0) is 24.5 Å². The van der Waals surface area contributed by atoms with Gasteiger partial charge in [-0.15, -0.1) is 0 Å². The van der Waals surface area contributed by atoms with Gasteiger partial charge in [0.15, 0.2) is 9.84 Å². The summed E-state index contributed by atoms with van der Waals surface area (Å²) in [6.45, 7) is 6.61. The molecule has 0 radical (unpaired) electrons. The summed E-state index contributed by atoms with van der Waals surface area (Å²) in [4.78, 5) is 0.204. The maximum absolute atomic E-state index is 12.1. The molecule has 0 aromatic heterocycles. The summed E-state index contributed by atoms with van der Waals surface area (Å²) in [5, 5.41) is 0. The maximum Gasteiger partial charge on any atom is 0.182 e. The number of para-hydroxylation sites is 1. The van der Waals surface area contributed by atoms with Crippen LogP contribution in [0.3, 0.4) is 0 Å². The normalized spacial score (nSPS) is 12.0. The molecule has 102 valence electrons. The van der Waals surface area contributed by atoms with Crippen molar-refractivity contribution in [3.63, 3.8) is 0 Å². The van der Waals surface area contributed by atoms with Gasteiger partial charge in [-0.3, -0.25) is 0 Å². The Morgan fingerprint density at radius 3 is 2.61 bits per heavy atom. The molecule has 0 aliphatic rings. The summed E-state index contributed by atoms with van der Waals surface area (Å²) >= 11 is 0. The summed E-state index contributed by atoms with van der Waals surface area (Å²) < 4.78 is 29.5. The van der Waals surface area contributed by atoms with Crippen molar-refractivity contribution in [2.75, 3.05) is 24.7 Å². The van der Waals surface area contributed by atoms with Crippen LogP contribution in [0.1, 0.15) is 19.4 Å². The molecule has 1 aromatic rings. The van der Waals surface area contributed by atoms with E-state index in [0.717, 1.165) is 5.56 Å². The van der Waals surface area contributed by atoms with E-state index in [1.165, 1.54) is 0 Å². The first kappa shape index (κ1) is 15.0. The topological polar surface area (TPSA) is 69.4 Å². The van der Waals surface area contributed by atoms with E-state index in [-0.39, 0.29) is 17.3 Å². The Balaban J connectivity index is 2.72. The van der Waals surface area contributed by atoms with Crippen LogP contribution in [0.5, 0.6) is 0 Å². The molecule has 0 aliphatic heterocycles. The third-order valence-corrected chi connectivity index (χ3v) is 4.30. The highest BCUT2D eigenvalue weighted by atomic mass is 32.2. The SMILES string of the molecule is Cc1cccc(S(=O)(=O)CCOCC(C)C)c1N. The molecule has 0 saturated heterocycles. The summed E-state index contributed by atoms with van der Waals surface area (Å²) in [7, 11) is -3.36. The van der Waals surface area contributed by atoms with Gasteiger partial charge in [0.05, 0.1) is 22.9 Å². The summed E-state index contributed by atoms with van der Waals surface area (Å²) in [6, 6.07) is 5.04. The first-order chi connectivity index (χ1) is 8.34. The van der Waals surface area contributed by atoms with Gasteiger partial charge < -0.3 is 10.5 Å². The van der Waals surface area contributed by atoms with Crippen LogP contribution in [0.4, 0.5) is 5.69 Å². The molecule has 0 heterocycles. The number of benzene rings is 1. The summed E-state index contributed by atoms with van der Waals surface area (Å²) in [5.74, 6) is 0.365. The highest BCUT2D eigenvalue weighted by molar-refractivity contribution is 7.91. The van der Waals surface area contributed by atoms with Crippen molar-refractivity contribution in [3.8, 4) is 0 Å². The van der Waals surface area contributed by atoms with Crippen molar-refractivity contribution in [2.24, 2.45) is 5.92 Å². The zero-order valence-electron chi connectivity index (χ0n) is 11.1. The lowest BCUT2D eigenvalue weighted by Gasteiger charge is -2.10. The number of hydrogen-bond donors (Lipinski definition) is 1. The third-order valence-electron chi connectivity index (χ3n) is 2.57. The Hall–Kier alpha value is -1.07. The van der Waals surface area contributed by atoms with Crippen molar-refractivity contribution in [2.45, 2.75) is 25.7 Å². The largest absolute Gasteiger partial charge is 0.397 e. The molecule has 0 aliphatic carbocycles. The Labute approximate surface area is 109 Å². The fraction of sp³-hybridized carbons (Fsp3) is 0.538. The van der Waals surface area contributed by atoms with E-state index < -0.39 is 9.84 Å². The van der Waals surface area contributed by atoms with Gasteiger partial charge in [-0.1, -0.05) is 26.0 Å². The van der Waals surface area contributed by atoms with E-state index in [2.05, 4.69) is 0 Å². The molecule has 1 aromatic carbocycles. The van der Waals surface area contributed by atoms with E-state index in [1.807, 2.05) is 13.8 Å². The molecule has 1 rings (SSSR count). The van der Waals surface area contributed by atoms with E-state index in [4.69, 9.17) is 10.5 Å². The van der Waals surface area contributed by atoms with Gasteiger partial charge in [0, 0.05) is 6.61 Å². The minimum atomic E-state index is -3.36. The van der Waals surface area contributed by atoms with Gasteiger partial charge in [0.2, 0.25) is 0 Å². The number of nitrogen functional groups attached to an aromatic ring is 1. The quantitative estimate of drug-likeness (QED) is 0.635. The number of nitrogens with two attached hydrogens (primary N) is 1. The standard InChI is InChI=1S/C13H21NO3S/c1-10(2)9-17-7-8-18(15,16)12-6-4-5-11(3)13(12)14/h4-6,10H,7-9,14H2,1-3H3. The van der Waals surface area contributed by atoms with Crippen molar-refractivity contribution >= 4 is 15.5 Å². The van der Waals surface area contributed by atoms with Gasteiger partial charge in [-0.2, -0.15) is 0 Å². The minimum absolute atomic E-state index is 0.0344. The lowest BCUT2D eigenvalue weighted by molar-refractivity contribution is 0.123. The first-order valence-electron chi connectivity index (χ1n) is 6.00. The van der Waals surface area contributed by atoms with Gasteiger partial charge in [0.1, 0.15) is 0 Å². The maximum atomic E-state index is 12.1. The fourth-order valence-corrected chi connectivity index (χ4v) is 2.86. The van der Waals surface area contributed by atoms with Crippen LogP contribution in [0.15, 0.2) is 23.1 Å². The third kappa shape index (κ3) is 3.99. The van der Waals surface area contributed by atoms with E-state index >= 15 is 0 Å². The Morgan fingerprint density at radius 1 is 1.33 bits per heavy atom. The second kappa shape index (κ2) is 6.20. The number of anilines is 1. The molecular formula is C13H21NO3S. The van der Waals surface area contributed by atoms with Crippen LogP contribution >= 0.6 is 0 Å². The molecule has 0 bridgehead atoms. The van der Waals surface area contributed by atoms with Crippen LogP contribution in [0.25, 0.3) is 0 Å². The second-order valence-corrected chi connectivity index (χ2v) is 6.85. The van der Waals surface area contributed by atoms with Crippen LogP contribution in [0.2, 0.25) is 0 Å². The zero-order valence-corrected chi connectivity index (χ0v) is 12.0. The molecule has 0 unspecified atom stereocenters. The smallest absolute Gasteiger partial charge is 0.182 e. The van der Waals surface area contributed by atoms with Crippen LogP contribution < -0.4 is 5.73 Å². The number of ether oxygens (including phenoxy) is 1. The second-order valence-electron chi connectivity index (χ2n) is 4.77. The molecule has 0 saturated carbocycles. The molecule has 2 N–H and O–H groups in total. The van der Waals surface area contributed by atoms with Gasteiger partial charge in [0.25, 0.3) is 0 Å². The van der Waals surface area contributed by atoms with Crippen molar-refractivity contribution in [1.29, 1.82) is 0 Å². The molecule has 0 spiro atoms. The predicted molar refractivity (Wildman–Crippen MR) is 73.3 cm³/mol. The predicted octanol–water partition coefficient (Wildman–Crippen LogP) is 2.02. The summed E-state index contributed by atoms with van der Waals surface area (Å²) in [6.07, 6.45) is 0. The lowest BCUT2D eigenvalue weighted by atomic mass is 10.2. The molecule has 4 nitrogen and oxygen atoms in total. The number of sulfone groups is 1. The van der Waals surface area contributed by atoms with E-state index in [0.29, 0.717) is 18.2 Å². The number of hydrogen-bond acceptors (Lipinski definition) is 4. The monoisotopic (exact) mass is 271 g/mol. The van der Waals surface area contributed by atoms with Crippen molar-refractivity contribution in [3.05, 3.63) is 23.8 Å². The molecule has 0 amide bonds. The Bertz CT molecular complexity index is 495. The Morgan fingerprint density at radius 2 is 2.00 bits per heavy atom. The number of rotatable bonds is 6. The molecule has 5 heteroatoms. The molecule has 0 atom stereocenters. The van der Waals surface area contributed by atoms with Crippen LogP contribution in [-0.2, 0) is 14.6 Å². The van der Waals surface area contributed by atoms with Crippen molar-refractivity contribution in [1.82, 2.24) is 0 Å². The van der Waals surface area contributed by atoms with Crippen LogP contribution in [-0.4, -0.2) is 27.4 Å². The summed E-state index contributed by atoms with van der Waals surface area (Å²) in [5.41, 5.74) is 6.91. The highest BCUT2D eigenvalue weighted by Crippen LogP contribution is 2.22. The average molecular weight is 271 g/mol. The Kier molecular flexibility index (Phi) is 5.16. The van der Waals surface area contributed by atoms with E-state index in [1.54, 1.807) is 25.1 Å². The number of aryl methyl sites for hydroxylation is 1. The van der Waals surface area contributed by atoms with Gasteiger partial charge >= 0.3 is 0 Å². The lowest BCUT2D eigenvalue weighted by Crippen LogP contribution is -2.16. The van der Waals surface area contributed by atoms with E-state index in [9.17, 15) is 8.42 Å². The zero-order chi connectivity index (χ0) is 13.8. The first-order valence-corrected chi connectivity index (χ1v) is 7.65. The highest BCUT2D eigenvalue weighted by Gasteiger charge is 2.18. The molecular weight excluding hydrogens is 250 g/mol. The van der Waals surface area contributed by atoms with Crippen LogP contribution in [0, 0.1) is 12.8 Å². The minimum Gasteiger partial charge on any atom is -0.397 e. The van der Waals surface area contributed by atoms with Crippen molar-refractivity contribution < 1.29 is 13.2 Å². The molecule has 18 heavy (non-hydrogen) atoms. The average Bonchev–Trinajstić information content (AvgIpc) is 2.28. The van der Waals surface area contributed by atoms with Gasteiger partial charge in [-0.25, -0.2) is 8.42 Å².